The molecular weight excluding hydrogens is 138 g/mol. The van der Waals surface area contributed by atoms with Crippen molar-refractivity contribution in [3.8, 4) is 0 Å². The van der Waals surface area contributed by atoms with Gasteiger partial charge in [-0.05, 0) is 6.42 Å². The van der Waals surface area contributed by atoms with E-state index in [1.807, 2.05) is 5.01 Å². The molecule has 0 spiro atoms. The Morgan fingerprint density at radius 1 is 1.45 bits per heavy atom. The molecule has 0 fully saturated rings. The first-order chi connectivity index (χ1) is 5.29. The normalized spacial score (nSPS) is 11.4. The maximum absolute atomic E-state index is 4.11. The lowest BCUT2D eigenvalue weighted by atomic mass is 10.4. The van der Waals surface area contributed by atoms with Gasteiger partial charge in [0.25, 0.3) is 0 Å². The van der Waals surface area contributed by atoms with Crippen molar-refractivity contribution in [3.05, 3.63) is 0 Å². The molecule has 64 valence electrons. The topological polar surface area (TPSA) is 28.0 Å². The number of amidine groups is 1. The number of aliphatic imine (C=N–C) groups is 1. The molecule has 11 heavy (non-hydrogen) atoms. The van der Waals surface area contributed by atoms with Gasteiger partial charge in [0.1, 0.15) is 5.84 Å². The summed E-state index contributed by atoms with van der Waals surface area (Å²) in [5.74, 6) is 1.00. The molecule has 3 heteroatoms. The van der Waals surface area contributed by atoms with E-state index in [1.165, 1.54) is 0 Å². The second-order valence-electron chi connectivity index (χ2n) is 2.26. The maximum Gasteiger partial charge on any atom is 0.119 e. The predicted octanol–water partition coefficient (Wildman–Crippen LogP) is 1.75. The first-order valence-corrected chi connectivity index (χ1v) is 3.99. The minimum absolute atomic E-state index is 0.907. The maximum atomic E-state index is 4.11. The van der Waals surface area contributed by atoms with Crippen LogP contribution in [0.15, 0.2) is 10.1 Å². The SMILES string of the molecule is C=NN(CCC)C(CC)=NC. The Balaban J connectivity index is 4.10. The molecule has 0 saturated heterocycles. The first-order valence-electron chi connectivity index (χ1n) is 3.99. The van der Waals surface area contributed by atoms with Crippen LogP contribution in [0.2, 0.25) is 0 Å². The van der Waals surface area contributed by atoms with Crippen molar-refractivity contribution in [2.24, 2.45) is 10.1 Å². The van der Waals surface area contributed by atoms with E-state index in [0.29, 0.717) is 0 Å². The zero-order valence-corrected chi connectivity index (χ0v) is 7.67. The van der Waals surface area contributed by atoms with E-state index in [2.05, 4.69) is 30.7 Å². The molecule has 0 radical (unpaired) electrons. The summed E-state index contributed by atoms with van der Waals surface area (Å²) in [6.07, 6.45) is 1.98. The molecule has 0 N–H and O–H groups in total. The van der Waals surface area contributed by atoms with E-state index < -0.39 is 0 Å². The van der Waals surface area contributed by atoms with Gasteiger partial charge in [0.15, 0.2) is 0 Å². The van der Waals surface area contributed by atoms with Crippen LogP contribution in [-0.4, -0.2) is 31.2 Å². The third-order valence-electron chi connectivity index (χ3n) is 1.48. The molecule has 0 aromatic rings. The van der Waals surface area contributed by atoms with Gasteiger partial charge in [0, 0.05) is 26.7 Å². The number of nitrogens with zero attached hydrogens (tertiary/aromatic N) is 3. The average molecular weight is 155 g/mol. The van der Waals surface area contributed by atoms with Crippen molar-refractivity contribution < 1.29 is 0 Å². The highest BCUT2D eigenvalue weighted by Gasteiger charge is 2.03. The summed E-state index contributed by atoms with van der Waals surface area (Å²) in [5.41, 5.74) is 0. The van der Waals surface area contributed by atoms with E-state index in [-0.39, 0.29) is 0 Å². The van der Waals surface area contributed by atoms with Gasteiger partial charge >= 0.3 is 0 Å². The Morgan fingerprint density at radius 2 is 2.09 bits per heavy atom. The zero-order chi connectivity index (χ0) is 8.69. The van der Waals surface area contributed by atoms with Gasteiger partial charge in [-0.2, -0.15) is 5.10 Å². The Kier molecular flexibility index (Phi) is 5.43. The molecule has 0 aliphatic rings. The summed E-state index contributed by atoms with van der Waals surface area (Å²) in [5, 5.41) is 5.72. The van der Waals surface area contributed by atoms with Gasteiger partial charge < -0.3 is 0 Å². The molecule has 3 nitrogen and oxygen atoms in total. The van der Waals surface area contributed by atoms with E-state index in [4.69, 9.17) is 0 Å². The van der Waals surface area contributed by atoms with Crippen molar-refractivity contribution >= 4 is 12.6 Å². The summed E-state index contributed by atoms with van der Waals surface area (Å²) < 4.78 is 0. The minimum Gasteiger partial charge on any atom is -0.274 e. The van der Waals surface area contributed by atoms with Gasteiger partial charge in [0.2, 0.25) is 0 Å². The van der Waals surface area contributed by atoms with Crippen molar-refractivity contribution in [1.82, 2.24) is 5.01 Å². The Hall–Kier alpha value is -0.860. The van der Waals surface area contributed by atoms with Crippen LogP contribution < -0.4 is 0 Å². The van der Waals surface area contributed by atoms with Crippen LogP contribution in [0.1, 0.15) is 26.7 Å². The number of hydrazone groups is 1. The monoisotopic (exact) mass is 155 g/mol. The molecule has 0 aliphatic heterocycles. The van der Waals surface area contributed by atoms with Crippen molar-refractivity contribution in [2.45, 2.75) is 26.7 Å². The third-order valence-corrected chi connectivity index (χ3v) is 1.48. The van der Waals surface area contributed by atoms with Gasteiger partial charge in [-0.1, -0.05) is 13.8 Å². The molecule has 0 rings (SSSR count). The van der Waals surface area contributed by atoms with Gasteiger partial charge in [-0.15, -0.1) is 0 Å². The average Bonchev–Trinajstić information content (AvgIpc) is 2.05. The predicted molar refractivity (Wildman–Crippen MR) is 50.2 cm³/mol. The van der Waals surface area contributed by atoms with E-state index in [1.54, 1.807) is 7.05 Å². The molecule has 0 bridgehead atoms. The molecule has 0 aromatic carbocycles. The number of rotatable bonds is 4. The molecular formula is C8H17N3. The Bertz CT molecular complexity index is 140. The fourth-order valence-electron chi connectivity index (χ4n) is 0.949. The van der Waals surface area contributed by atoms with Crippen LogP contribution in [0.5, 0.6) is 0 Å². The largest absolute Gasteiger partial charge is 0.274 e. The fourth-order valence-corrected chi connectivity index (χ4v) is 0.949. The fraction of sp³-hybridized carbons (Fsp3) is 0.750. The Morgan fingerprint density at radius 3 is 2.36 bits per heavy atom. The quantitative estimate of drug-likeness (QED) is 0.345. The van der Waals surface area contributed by atoms with E-state index >= 15 is 0 Å². The molecule has 0 amide bonds. The number of hydrogen-bond donors (Lipinski definition) is 0. The summed E-state index contributed by atoms with van der Waals surface area (Å²) in [7, 11) is 1.78. The molecule has 0 saturated carbocycles. The molecule has 0 aromatic heterocycles. The summed E-state index contributed by atoms with van der Waals surface area (Å²) >= 11 is 0. The van der Waals surface area contributed by atoms with Crippen LogP contribution in [0, 0.1) is 0 Å². The highest BCUT2D eigenvalue weighted by Crippen LogP contribution is 1.97. The standard InChI is InChI=1S/C8H17N3/c1-5-7-11(10-4)8(6-2)9-3/h4-7H2,1-3H3. The van der Waals surface area contributed by atoms with Gasteiger partial charge in [0.05, 0.1) is 0 Å². The lowest BCUT2D eigenvalue weighted by molar-refractivity contribution is 0.438. The van der Waals surface area contributed by atoms with Gasteiger partial charge in [-0.3, -0.25) is 10.0 Å². The van der Waals surface area contributed by atoms with Crippen molar-refractivity contribution in [3.63, 3.8) is 0 Å². The van der Waals surface area contributed by atoms with Crippen molar-refractivity contribution in [1.29, 1.82) is 0 Å². The van der Waals surface area contributed by atoms with E-state index in [0.717, 1.165) is 25.2 Å². The zero-order valence-electron chi connectivity index (χ0n) is 7.67. The number of hydrogen-bond acceptors (Lipinski definition) is 2. The summed E-state index contributed by atoms with van der Waals surface area (Å²) in [4.78, 5) is 4.11. The van der Waals surface area contributed by atoms with Gasteiger partial charge in [-0.25, -0.2) is 0 Å². The van der Waals surface area contributed by atoms with Crippen LogP contribution in [0.4, 0.5) is 0 Å². The molecule has 0 aliphatic carbocycles. The van der Waals surface area contributed by atoms with Crippen LogP contribution in [0.25, 0.3) is 0 Å². The molecule has 0 atom stereocenters. The second-order valence-corrected chi connectivity index (χ2v) is 2.26. The van der Waals surface area contributed by atoms with E-state index in [9.17, 15) is 0 Å². The lowest BCUT2D eigenvalue weighted by Gasteiger charge is -2.17. The first kappa shape index (κ1) is 10.1. The highest BCUT2D eigenvalue weighted by atomic mass is 15.5. The summed E-state index contributed by atoms with van der Waals surface area (Å²) in [6, 6.07) is 0. The Labute approximate surface area is 68.8 Å². The third kappa shape index (κ3) is 3.16. The minimum atomic E-state index is 0.907. The molecule has 0 unspecified atom stereocenters. The van der Waals surface area contributed by atoms with Crippen LogP contribution in [-0.2, 0) is 0 Å². The second kappa shape index (κ2) is 5.89. The van der Waals surface area contributed by atoms with Crippen molar-refractivity contribution in [2.75, 3.05) is 13.6 Å². The summed E-state index contributed by atoms with van der Waals surface area (Å²) in [6.45, 7) is 8.58. The highest BCUT2D eigenvalue weighted by molar-refractivity contribution is 5.81. The molecule has 0 heterocycles. The lowest BCUT2D eigenvalue weighted by Crippen LogP contribution is -2.25. The smallest absolute Gasteiger partial charge is 0.119 e. The van der Waals surface area contributed by atoms with Crippen LogP contribution >= 0.6 is 0 Å². The van der Waals surface area contributed by atoms with Crippen LogP contribution in [0.3, 0.4) is 0 Å².